The Kier molecular flexibility index (Phi) is 3.61. The molecule has 4 rings (SSSR count). The third kappa shape index (κ3) is 2.80. The van der Waals surface area contributed by atoms with Gasteiger partial charge >= 0.3 is 0 Å². The zero-order chi connectivity index (χ0) is 17.8. The summed E-state index contributed by atoms with van der Waals surface area (Å²) in [4.78, 5) is 8.96. The lowest BCUT2D eigenvalue weighted by atomic mass is 10.1. The Hall–Kier alpha value is -2.35. The average Bonchev–Trinajstić information content (AvgIpc) is 2.96. The predicted molar refractivity (Wildman–Crippen MR) is 99.6 cm³/mol. The Labute approximate surface area is 148 Å². The number of fused-ring (bicyclic) bond motifs is 2. The molecule has 0 bridgehead atoms. The first-order valence-corrected chi connectivity index (χ1v) is 9.84. The van der Waals surface area contributed by atoms with Gasteiger partial charge in [0.2, 0.25) is 0 Å². The Morgan fingerprint density at radius 1 is 0.960 bits per heavy atom. The number of thiazole rings is 1. The van der Waals surface area contributed by atoms with Crippen LogP contribution in [0.2, 0.25) is 0 Å². The summed E-state index contributed by atoms with van der Waals surface area (Å²) in [5, 5.41) is 1.70. The summed E-state index contributed by atoms with van der Waals surface area (Å²) < 4.78 is 33.5. The van der Waals surface area contributed by atoms with Crippen LogP contribution >= 0.6 is 11.3 Å². The van der Waals surface area contributed by atoms with Gasteiger partial charge in [-0.3, -0.25) is 9.54 Å². The highest BCUT2D eigenvalue weighted by Gasteiger charge is 2.20. The summed E-state index contributed by atoms with van der Waals surface area (Å²) in [6.45, 7) is 3.60. The van der Waals surface area contributed by atoms with Gasteiger partial charge in [-0.2, -0.15) is 8.42 Å². The molecule has 7 heteroatoms. The van der Waals surface area contributed by atoms with Crippen LogP contribution in [0.1, 0.15) is 11.3 Å². The first-order chi connectivity index (χ1) is 11.8. The van der Waals surface area contributed by atoms with Gasteiger partial charge in [0.15, 0.2) is 0 Å². The summed E-state index contributed by atoms with van der Waals surface area (Å²) in [5.41, 5.74) is 3.80. The molecular formula is C18H14N2O3S2. The van der Waals surface area contributed by atoms with Crippen molar-refractivity contribution >= 4 is 42.6 Å². The number of benzene rings is 2. The van der Waals surface area contributed by atoms with Crippen LogP contribution in [0.3, 0.4) is 0 Å². The highest BCUT2D eigenvalue weighted by Crippen LogP contribution is 2.36. The van der Waals surface area contributed by atoms with E-state index in [2.05, 4.69) is 9.97 Å². The van der Waals surface area contributed by atoms with E-state index in [9.17, 15) is 13.0 Å². The van der Waals surface area contributed by atoms with Crippen molar-refractivity contribution in [2.24, 2.45) is 0 Å². The number of nitrogens with zero attached hydrogens (tertiary/aromatic N) is 2. The van der Waals surface area contributed by atoms with Crippen LogP contribution in [0.4, 0.5) is 0 Å². The molecule has 0 aliphatic carbocycles. The van der Waals surface area contributed by atoms with E-state index in [0.717, 1.165) is 22.2 Å². The second-order valence-electron chi connectivity index (χ2n) is 5.91. The molecule has 0 unspecified atom stereocenters. The van der Waals surface area contributed by atoms with Crippen LogP contribution in [0.25, 0.3) is 31.7 Å². The first-order valence-electron chi connectivity index (χ1n) is 7.58. The van der Waals surface area contributed by atoms with Crippen molar-refractivity contribution in [2.75, 3.05) is 0 Å². The highest BCUT2D eigenvalue weighted by molar-refractivity contribution is 7.86. The molecule has 0 radical (unpaired) electrons. The van der Waals surface area contributed by atoms with Gasteiger partial charge in [-0.25, -0.2) is 4.98 Å². The van der Waals surface area contributed by atoms with E-state index >= 15 is 0 Å². The normalized spacial score (nSPS) is 12.1. The standard InChI is InChI=1S/C18H14N2O3S2/c1-10-3-7-15-16(17(10)25(21,22)23)24-18(20-15)13-6-8-14-12(9-13)5-4-11(2)19-14/h3-9H,1-2H3,(H,21,22,23). The molecule has 0 atom stereocenters. The first kappa shape index (κ1) is 16.1. The van der Waals surface area contributed by atoms with Gasteiger partial charge in [0.25, 0.3) is 10.1 Å². The quantitative estimate of drug-likeness (QED) is 0.530. The van der Waals surface area contributed by atoms with Crippen molar-refractivity contribution in [1.82, 2.24) is 9.97 Å². The Bertz CT molecular complexity index is 1240. The van der Waals surface area contributed by atoms with Gasteiger partial charge in [0.1, 0.15) is 9.90 Å². The number of rotatable bonds is 2. The molecule has 2 aromatic heterocycles. The molecule has 25 heavy (non-hydrogen) atoms. The van der Waals surface area contributed by atoms with Gasteiger partial charge < -0.3 is 0 Å². The molecule has 0 aliphatic rings. The Balaban J connectivity index is 1.95. The van der Waals surface area contributed by atoms with Crippen molar-refractivity contribution in [3.05, 3.63) is 53.7 Å². The van der Waals surface area contributed by atoms with Crippen LogP contribution in [0.15, 0.2) is 47.4 Å². The summed E-state index contributed by atoms with van der Waals surface area (Å²) in [6.07, 6.45) is 0. The minimum atomic E-state index is -4.31. The van der Waals surface area contributed by atoms with Gasteiger partial charge in [-0.05, 0) is 49.7 Å². The molecule has 0 fully saturated rings. The van der Waals surface area contributed by atoms with Crippen molar-refractivity contribution < 1.29 is 13.0 Å². The monoisotopic (exact) mass is 370 g/mol. The Morgan fingerprint density at radius 2 is 1.72 bits per heavy atom. The molecule has 2 heterocycles. The lowest BCUT2D eigenvalue weighted by Crippen LogP contribution is -2.00. The van der Waals surface area contributed by atoms with Crippen LogP contribution in [0, 0.1) is 13.8 Å². The average molecular weight is 370 g/mol. The zero-order valence-corrected chi connectivity index (χ0v) is 15.1. The zero-order valence-electron chi connectivity index (χ0n) is 13.5. The summed E-state index contributed by atoms with van der Waals surface area (Å²) in [7, 11) is -4.31. The van der Waals surface area contributed by atoms with Gasteiger partial charge in [-0.1, -0.05) is 12.1 Å². The van der Waals surface area contributed by atoms with Gasteiger partial charge in [-0.15, -0.1) is 11.3 Å². The molecule has 0 aliphatic heterocycles. The fourth-order valence-electron chi connectivity index (χ4n) is 2.87. The minimum Gasteiger partial charge on any atom is -0.282 e. The maximum Gasteiger partial charge on any atom is 0.296 e. The summed E-state index contributed by atoms with van der Waals surface area (Å²) >= 11 is 1.26. The van der Waals surface area contributed by atoms with E-state index < -0.39 is 10.1 Å². The highest BCUT2D eigenvalue weighted by atomic mass is 32.2. The van der Waals surface area contributed by atoms with Crippen LogP contribution in [-0.2, 0) is 10.1 Å². The molecule has 0 amide bonds. The molecule has 4 aromatic rings. The SMILES string of the molecule is Cc1ccc2cc(-c3nc4ccc(C)c(S(=O)(=O)O)c4s3)ccc2n1. The summed E-state index contributed by atoms with van der Waals surface area (Å²) in [6, 6.07) is 13.2. The molecule has 0 saturated carbocycles. The van der Waals surface area contributed by atoms with E-state index in [1.54, 1.807) is 19.1 Å². The van der Waals surface area contributed by atoms with Gasteiger partial charge in [0, 0.05) is 16.6 Å². The fraction of sp³-hybridized carbons (Fsp3) is 0.111. The van der Waals surface area contributed by atoms with E-state index in [0.29, 0.717) is 20.8 Å². The van der Waals surface area contributed by atoms with Crippen LogP contribution in [-0.4, -0.2) is 22.9 Å². The van der Waals surface area contributed by atoms with E-state index in [1.165, 1.54) is 11.3 Å². The van der Waals surface area contributed by atoms with Crippen molar-refractivity contribution in [3.63, 3.8) is 0 Å². The maximum atomic E-state index is 11.7. The van der Waals surface area contributed by atoms with Crippen molar-refractivity contribution in [3.8, 4) is 10.6 Å². The van der Waals surface area contributed by atoms with Gasteiger partial charge in [0.05, 0.1) is 15.7 Å². The maximum absolute atomic E-state index is 11.7. The third-order valence-electron chi connectivity index (χ3n) is 4.04. The minimum absolute atomic E-state index is 0.0631. The van der Waals surface area contributed by atoms with Crippen LogP contribution < -0.4 is 0 Å². The second-order valence-corrected chi connectivity index (χ2v) is 8.27. The third-order valence-corrected chi connectivity index (χ3v) is 6.35. The topological polar surface area (TPSA) is 80.2 Å². The smallest absolute Gasteiger partial charge is 0.282 e. The molecule has 2 aromatic carbocycles. The van der Waals surface area contributed by atoms with E-state index in [-0.39, 0.29) is 4.90 Å². The predicted octanol–water partition coefficient (Wildman–Crippen LogP) is 4.38. The number of aryl methyl sites for hydroxylation is 2. The van der Waals surface area contributed by atoms with Crippen LogP contribution in [0.5, 0.6) is 0 Å². The van der Waals surface area contributed by atoms with E-state index in [1.807, 2.05) is 37.3 Å². The molecule has 1 N–H and O–H groups in total. The lowest BCUT2D eigenvalue weighted by Gasteiger charge is -2.02. The largest absolute Gasteiger partial charge is 0.296 e. The number of aromatic nitrogens is 2. The summed E-state index contributed by atoms with van der Waals surface area (Å²) in [5.74, 6) is 0. The number of hydrogen-bond donors (Lipinski definition) is 1. The molecular weight excluding hydrogens is 356 g/mol. The molecule has 126 valence electrons. The van der Waals surface area contributed by atoms with Crippen molar-refractivity contribution in [2.45, 2.75) is 18.7 Å². The molecule has 0 spiro atoms. The van der Waals surface area contributed by atoms with Crippen molar-refractivity contribution in [1.29, 1.82) is 0 Å². The fourth-order valence-corrected chi connectivity index (χ4v) is 5.18. The molecule has 0 saturated heterocycles. The molecule has 5 nitrogen and oxygen atoms in total. The number of hydrogen-bond acceptors (Lipinski definition) is 5. The lowest BCUT2D eigenvalue weighted by molar-refractivity contribution is 0.484. The number of pyridine rings is 1. The van der Waals surface area contributed by atoms with E-state index in [4.69, 9.17) is 0 Å². The second kappa shape index (κ2) is 5.59. The Morgan fingerprint density at radius 3 is 2.48 bits per heavy atom.